The van der Waals surface area contributed by atoms with E-state index in [4.69, 9.17) is 9.47 Å². The quantitative estimate of drug-likeness (QED) is 0.529. The molecule has 2 amide bonds. The van der Waals surface area contributed by atoms with Crippen LogP contribution in [0.3, 0.4) is 0 Å². The molecule has 4 rings (SSSR count). The molecule has 9 nitrogen and oxygen atoms in total. The number of rotatable bonds is 6. The smallest absolute Gasteiger partial charge is 0.409 e. The van der Waals surface area contributed by atoms with Crippen molar-refractivity contribution in [3.8, 4) is 5.75 Å². The number of aliphatic hydroxyl groups excluding tert-OH is 1. The van der Waals surface area contributed by atoms with Crippen LogP contribution in [-0.2, 0) is 17.7 Å². The molecule has 192 valence electrons. The normalized spacial score (nSPS) is 18.2. The number of carbonyl (C=O) groups excluding carboxylic acids is 2. The molecule has 0 spiro atoms. The number of nitrogens with one attached hydrogen (secondary N) is 2. The van der Waals surface area contributed by atoms with E-state index >= 15 is 0 Å². The molecule has 2 atom stereocenters. The Labute approximate surface area is 217 Å². The second kappa shape index (κ2) is 13.5. The first-order valence-corrected chi connectivity index (χ1v) is 11.2. The van der Waals surface area contributed by atoms with Gasteiger partial charge in [-0.25, -0.2) is 4.79 Å². The van der Waals surface area contributed by atoms with Gasteiger partial charge < -0.3 is 30.1 Å². The summed E-state index contributed by atoms with van der Waals surface area (Å²) in [6.07, 6.45) is 4.01. The molecule has 0 saturated carbocycles. The molecule has 0 radical (unpaired) electrons. The van der Waals surface area contributed by atoms with Crippen molar-refractivity contribution < 1.29 is 24.2 Å². The highest BCUT2D eigenvalue weighted by atomic mass is 35.5. The lowest BCUT2D eigenvalue weighted by Gasteiger charge is -2.31. The summed E-state index contributed by atoms with van der Waals surface area (Å²) in [4.78, 5) is 30.0. The van der Waals surface area contributed by atoms with E-state index < -0.39 is 6.10 Å². The van der Waals surface area contributed by atoms with Gasteiger partial charge in [0.25, 0.3) is 5.91 Å². The van der Waals surface area contributed by atoms with Gasteiger partial charge in [0.2, 0.25) is 0 Å². The SMILES string of the molecule is COC(=O)N1CCC(Oc2cncc(C(=O)NCC(O)C3Cc4ccccc4CN3)c2)CC1.Cl.Cl. The highest BCUT2D eigenvalue weighted by Gasteiger charge is 2.26. The van der Waals surface area contributed by atoms with Crippen molar-refractivity contribution in [2.24, 2.45) is 0 Å². The zero-order valence-corrected chi connectivity index (χ0v) is 21.1. The molecule has 2 unspecified atom stereocenters. The molecule has 3 heterocycles. The number of likely N-dealkylation sites (tertiary alicyclic amines) is 1. The van der Waals surface area contributed by atoms with Crippen molar-refractivity contribution in [2.75, 3.05) is 26.7 Å². The number of piperidine rings is 1. The largest absolute Gasteiger partial charge is 0.489 e. The number of benzene rings is 1. The minimum atomic E-state index is -0.713. The monoisotopic (exact) mass is 526 g/mol. The second-order valence-corrected chi connectivity index (χ2v) is 8.42. The first kappa shape index (κ1) is 28.6. The van der Waals surface area contributed by atoms with Crippen LogP contribution >= 0.6 is 24.8 Å². The van der Waals surface area contributed by atoms with E-state index in [1.165, 1.54) is 24.4 Å². The Morgan fingerprint density at radius 2 is 1.91 bits per heavy atom. The number of halogens is 2. The van der Waals surface area contributed by atoms with E-state index in [0.29, 0.717) is 50.2 Å². The minimum absolute atomic E-state index is 0. The standard InChI is InChI=1S/C24H30N4O5.2ClH/c1-32-24(31)28-8-6-19(7-9-28)33-20-10-18(12-25-14-20)23(30)27-15-22(29)21-11-16-4-2-3-5-17(16)13-26-21;;/h2-5,10,12,14,19,21-22,26,29H,6-9,11,13,15H2,1H3,(H,27,30);2*1H. The fraction of sp³-hybridized carbons (Fsp3) is 0.458. The molecule has 11 heteroatoms. The average Bonchev–Trinajstić information content (AvgIpc) is 2.87. The van der Waals surface area contributed by atoms with Gasteiger partial charge in [-0.3, -0.25) is 9.78 Å². The van der Waals surface area contributed by atoms with Crippen molar-refractivity contribution >= 4 is 36.8 Å². The maximum atomic E-state index is 12.6. The predicted octanol–water partition coefficient (Wildman–Crippen LogP) is 2.34. The van der Waals surface area contributed by atoms with Gasteiger partial charge in [-0.2, -0.15) is 0 Å². The second-order valence-electron chi connectivity index (χ2n) is 8.42. The van der Waals surface area contributed by atoms with Crippen LogP contribution in [0, 0.1) is 0 Å². The Morgan fingerprint density at radius 3 is 2.63 bits per heavy atom. The lowest BCUT2D eigenvalue weighted by atomic mass is 9.93. The Kier molecular flexibility index (Phi) is 11.0. The number of fused-ring (bicyclic) bond motifs is 1. The number of methoxy groups -OCH3 is 1. The third kappa shape index (κ3) is 7.44. The third-order valence-electron chi connectivity index (χ3n) is 6.20. The summed E-state index contributed by atoms with van der Waals surface area (Å²) in [5, 5.41) is 16.7. The van der Waals surface area contributed by atoms with Crippen molar-refractivity contribution in [1.29, 1.82) is 0 Å². The number of amides is 2. The van der Waals surface area contributed by atoms with Gasteiger partial charge in [0.15, 0.2) is 0 Å². The summed E-state index contributed by atoms with van der Waals surface area (Å²) in [7, 11) is 1.37. The summed E-state index contributed by atoms with van der Waals surface area (Å²) in [6, 6.07) is 9.69. The number of hydrogen-bond donors (Lipinski definition) is 3. The number of aliphatic hydroxyl groups is 1. The molecule has 2 aliphatic heterocycles. The number of nitrogens with zero attached hydrogens (tertiary/aromatic N) is 2. The van der Waals surface area contributed by atoms with E-state index in [1.54, 1.807) is 17.2 Å². The molecule has 3 N–H and O–H groups in total. The summed E-state index contributed by atoms with van der Waals surface area (Å²) < 4.78 is 10.7. The zero-order chi connectivity index (χ0) is 23.2. The highest BCUT2D eigenvalue weighted by molar-refractivity contribution is 5.94. The van der Waals surface area contributed by atoms with Crippen LogP contribution in [0.1, 0.15) is 34.3 Å². The van der Waals surface area contributed by atoms with Gasteiger partial charge in [0.1, 0.15) is 11.9 Å². The van der Waals surface area contributed by atoms with Gasteiger partial charge in [-0.15, -0.1) is 24.8 Å². The maximum absolute atomic E-state index is 12.6. The summed E-state index contributed by atoms with van der Waals surface area (Å²) >= 11 is 0. The molecular formula is C24H32Cl2N4O5. The lowest BCUT2D eigenvalue weighted by molar-refractivity contribution is 0.0784. The minimum Gasteiger partial charge on any atom is -0.489 e. The predicted molar refractivity (Wildman–Crippen MR) is 135 cm³/mol. The number of aromatic nitrogens is 1. The summed E-state index contributed by atoms with van der Waals surface area (Å²) in [6.45, 7) is 1.95. The Hall–Kier alpha value is -2.59. The van der Waals surface area contributed by atoms with Gasteiger partial charge in [0.05, 0.1) is 25.0 Å². The number of pyridine rings is 1. The van der Waals surface area contributed by atoms with E-state index in [2.05, 4.69) is 27.8 Å². The fourth-order valence-electron chi connectivity index (χ4n) is 4.28. The molecule has 0 bridgehead atoms. The maximum Gasteiger partial charge on any atom is 0.409 e. The average molecular weight is 527 g/mol. The molecule has 0 aliphatic carbocycles. The van der Waals surface area contributed by atoms with Gasteiger partial charge in [0, 0.05) is 51.3 Å². The van der Waals surface area contributed by atoms with Crippen molar-refractivity contribution in [2.45, 2.75) is 44.1 Å². The fourth-order valence-corrected chi connectivity index (χ4v) is 4.28. The Bertz CT molecular complexity index is 988. The number of carbonyl (C=O) groups is 2. The first-order chi connectivity index (χ1) is 16.0. The van der Waals surface area contributed by atoms with Crippen LogP contribution in [-0.4, -0.2) is 72.0 Å². The summed E-state index contributed by atoms with van der Waals surface area (Å²) in [5.74, 6) is 0.189. The van der Waals surface area contributed by atoms with Crippen LogP contribution in [0.4, 0.5) is 4.79 Å². The topological polar surface area (TPSA) is 113 Å². The van der Waals surface area contributed by atoms with Crippen molar-refractivity contribution in [3.05, 3.63) is 59.4 Å². The lowest BCUT2D eigenvalue weighted by Crippen LogP contribution is -2.49. The highest BCUT2D eigenvalue weighted by Crippen LogP contribution is 2.20. The van der Waals surface area contributed by atoms with Crippen LogP contribution in [0.5, 0.6) is 5.75 Å². The molecule has 1 aromatic heterocycles. The van der Waals surface area contributed by atoms with Gasteiger partial charge in [-0.05, 0) is 23.6 Å². The van der Waals surface area contributed by atoms with Crippen LogP contribution in [0.15, 0.2) is 42.7 Å². The molecule has 1 saturated heterocycles. The Morgan fingerprint density at radius 1 is 1.20 bits per heavy atom. The molecule has 2 aromatic rings. The van der Waals surface area contributed by atoms with Gasteiger partial charge in [-0.1, -0.05) is 24.3 Å². The molecule has 1 aromatic carbocycles. The Balaban J connectivity index is 0.00000216. The van der Waals surface area contributed by atoms with Gasteiger partial charge >= 0.3 is 6.09 Å². The molecule has 2 aliphatic rings. The number of hydrogen-bond acceptors (Lipinski definition) is 7. The number of ether oxygens (including phenoxy) is 2. The van der Waals surface area contributed by atoms with E-state index in [0.717, 1.165) is 0 Å². The summed E-state index contributed by atoms with van der Waals surface area (Å²) in [5.41, 5.74) is 2.83. The van der Waals surface area contributed by atoms with E-state index in [1.807, 2.05) is 12.1 Å². The van der Waals surface area contributed by atoms with Crippen molar-refractivity contribution in [1.82, 2.24) is 20.5 Å². The molecule has 1 fully saturated rings. The van der Waals surface area contributed by atoms with Crippen LogP contribution in [0.2, 0.25) is 0 Å². The first-order valence-electron chi connectivity index (χ1n) is 11.2. The van der Waals surface area contributed by atoms with E-state index in [9.17, 15) is 14.7 Å². The zero-order valence-electron chi connectivity index (χ0n) is 19.5. The van der Waals surface area contributed by atoms with Crippen LogP contribution in [0.25, 0.3) is 0 Å². The molecule has 35 heavy (non-hydrogen) atoms. The van der Waals surface area contributed by atoms with Crippen molar-refractivity contribution in [3.63, 3.8) is 0 Å². The third-order valence-corrected chi connectivity index (χ3v) is 6.20. The molecular weight excluding hydrogens is 495 g/mol. The van der Waals surface area contributed by atoms with E-state index in [-0.39, 0.29) is 55.5 Å². The van der Waals surface area contributed by atoms with Crippen LogP contribution < -0.4 is 15.4 Å².